The molecule has 1 fully saturated rings. The van der Waals surface area contributed by atoms with Gasteiger partial charge in [0, 0.05) is 31.7 Å². The number of alkyl halides is 3. The highest BCUT2D eigenvalue weighted by Crippen LogP contribution is 2.31. The summed E-state index contributed by atoms with van der Waals surface area (Å²) in [5.74, 6) is -0.133. The molecule has 30 heavy (non-hydrogen) atoms. The minimum atomic E-state index is -4.44. The number of benzene rings is 2. The second kappa shape index (κ2) is 8.44. The molecule has 0 aliphatic heterocycles. The first-order valence-corrected chi connectivity index (χ1v) is 9.94. The second-order valence-electron chi connectivity index (χ2n) is 7.57. The molecule has 1 aliphatic rings. The minimum absolute atomic E-state index is 0.125. The molecular formula is C23H22F3N3O. The molecule has 3 aromatic rings. The lowest BCUT2D eigenvalue weighted by Crippen LogP contribution is -2.29. The molecule has 0 bridgehead atoms. The summed E-state index contributed by atoms with van der Waals surface area (Å²) in [5, 5.41) is 4.99. The van der Waals surface area contributed by atoms with Crippen LogP contribution in [0.1, 0.15) is 30.4 Å². The van der Waals surface area contributed by atoms with E-state index < -0.39 is 11.7 Å². The topological polar surface area (TPSA) is 45.2 Å². The lowest BCUT2D eigenvalue weighted by atomic mass is 10.0. The molecule has 0 radical (unpaired) electrons. The summed E-state index contributed by atoms with van der Waals surface area (Å²) in [6.07, 6.45) is -1.22. The molecule has 1 aromatic heterocycles. The standard InChI is InChI=1S/C23H22F3N3O/c24-23(25,26)18-8-11-21(27-14-18)28-22(30)12-13-29(19-9-10-19)15-17-6-3-5-16-4-1-2-7-20(16)17/h1-8,11,14,19H,9-10,12-13,15H2,(H,27,28,30). The molecule has 1 saturated carbocycles. The Morgan fingerprint density at radius 1 is 1.07 bits per heavy atom. The molecule has 0 spiro atoms. The molecule has 4 rings (SSSR count). The summed E-state index contributed by atoms with van der Waals surface area (Å²) >= 11 is 0. The van der Waals surface area contributed by atoms with Crippen molar-refractivity contribution in [2.24, 2.45) is 0 Å². The Labute approximate surface area is 172 Å². The van der Waals surface area contributed by atoms with Crippen molar-refractivity contribution >= 4 is 22.5 Å². The highest BCUT2D eigenvalue weighted by molar-refractivity contribution is 5.90. The first-order chi connectivity index (χ1) is 14.4. The lowest BCUT2D eigenvalue weighted by Gasteiger charge is -2.22. The fourth-order valence-electron chi connectivity index (χ4n) is 3.57. The fraction of sp³-hybridized carbons (Fsp3) is 0.304. The van der Waals surface area contributed by atoms with Gasteiger partial charge < -0.3 is 5.32 Å². The van der Waals surface area contributed by atoms with Gasteiger partial charge in [0.05, 0.1) is 5.56 Å². The highest BCUT2D eigenvalue weighted by atomic mass is 19.4. The SMILES string of the molecule is O=C(CCN(Cc1cccc2ccccc12)C1CC1)Nc1ccc(C(F)(F)F)cn1. The number of amides is 1. The molecule has 7 heteroatoms. The van der Waals surface area contributed by atoms with Crippen molar-refractivity contribution in [3.05, 3.63) is 71.9 Å². The van der Waals surface area contributed by atoms with Gasteiger partial charge in [-0.3, -0.25) is 9.69 Å². The molecule has 4 nitrogen and oxygen atoms in total. The molecule has 1 heterocycles. The molecule has 0 saturated heterocycles. The number of nitrogens with one attached hydrogen (secondary N) is 1. The van der Waals surface area contributed by atoms with Crippen molar-refractivity contribution in [2.45, 2.75) is 38.0 Å². The number of pyridine rings is 1. The van der Waals surface area contributed by atoms with E-state index in [1.807, 2.05) is 18.2 Å². The van der Waals surface area contributed by atoms with E-state index in [0.717, 1.165) is 31.6 Å². The van der Waals surface area contributed by atoms with Crippen LogP contribution >= 0.6 is 0 Å². The van der Waals surface area contributed by atoms with E-state index in [2.05, 4.69) is 39.5 Å². The maximum Gasteiger partial charge on any atom is 0.417 e. The van der Waals surface area contributed by atoms with Crippen LogP contribution in [-0.2, 0) is 17.5 Å². The van der Waals surface area contributed by atoms with Crippen LogP contribution in [0.2, 0.25) is 0 Å². The first kappa shape index (κ1) is 20.3. The molecule has 1 aliphatic carbocycles. The summed E-state index contributed by atoms with van der Waals surface area (Å²) in [7, 11) is 0. The first-order valence-electron chi connectivity index (χ1n) is 9.94. The average Bonchev–Trinajstić information content (AvgIpc) is 3.56. The van der Waals surface area contributed by atoms with Crippen molar-refractivity contribution in [1.82, 2.24) is 9.88 Å². The quantitative estimate of drug-likeness (QED) is 0.576. The predicted molar refractivity (Wildman–Crippen MR) is 110 cm³/mol. The monoisotopic (exact) mass is 413 g/mol. The van der Waals surface area contributed by atoms with Gasteiger partial charge in [0.1, 0.15) is 5.82 Å². The smallest absolute Gasteiger partial charge is 0.311 e. The van der Waals surface area contributed by atoms with Crippen molar-refractivity contribution < 1.29 is 18.0 Å². The number of halogens is 3. The van der Waals surface area contributed by atoms with Gasteiger partial charge >= 0.3 is 6.18 Å². The number of rotatable bonds is 7. The van der Waals surface area contributed by atoms with Gasteiger partial charge in [0.25, 0.3) is 0 Å². The third-order valence-electron chi connectivity index (χ3n) is 5.30. The van der Waals surface area contributed by atoms with Crippen LogP contribution in [0.25, 0.3) is 10.8 Å². The van der Waals surface area contributed by atoms with Gasteiger partial charge in [0.2, 0.25) is 5.91 Å². The van der Waals surface area contributed by atoms with Crippen LogP contribution in [0.15, 0.2) is 60.8 Å². The Morgan fingerprint density at radius 2 is 1.83 bits per heavy atom. The molecule has 156 valence electrons. The third-order valence-corrected chi connectivity index (χ3v) is 5.30. The van der Waals surface area contributed by atoms with Crippen LogP contribution < -0.4 is 5.32 Å². The molecular weight excluding hydrogens is 391 g/mol. The summed E-state index contributed by atoms with van der Waals surface area (Å²) in [6.45, 7) is 1.35. The Morgan fingerprint density at radius 3 is 2.53 bits per heavy atom. The minimum Gasteiger partial charge on any atom is -0.311 e. The summed E-state index contributed by atoms with van der Waals surface area (Å²) in [6, 6.07) is 17.1. The Kier molecular flexibility index (Phi) is 5.72. The van der Waals surface area contributed by atoms with E-state index in [1.165, 1.54) is 22.4 Å². The summed E-state index contributed by atoms with van der Waals surface area (Å²) in [5.41, 5.74) is 0.389. The van der Waals surface area contributed by atoms with E-state index in [0.29, 0.717) is 12.6 Å². The molecule has 1 N–H and O–H groups in total. The van der Waals surface area contributed by atoms with Crippen molar-refractivity contribution in [2.75, 3.05) is 11.9 Å². The van der Waals surface area contributed by atoms with Crippen molar-refractivity contribution in [1.29, 1.82) is 0 Å². The van der Waals surface area contributed by atoms with Crippen molar-refractivity contribution in [3.8, 4) is 0 Å². The highest BCUT2D eigenvalue weighted by Gasteiger charge is 2.31. The number of hydrogen-bond donors (Lipinski definition) is 1. The van der Waals surface area contributed by atoms with Gasteiger partial charge in [-0.25, -0.2) is 4.98 Å². The van der Waals surface area contributed by atoms with Crippen LogP contribution in [0.5, 0.6) is 0 Å². The maximum atomic E-state index is 12.6. The molecule has 1 amide bonds. The van der Waals surface area contributed by atoms with E-state index in [1.54, 1.807) is 0 Å². The third kappa shape index (κ3) is 4.97. The summed E-state index contributed by atoms with van der Waals surface area (Å²) < 4.78 is 37.9. The number of hydrogen-bond acceptors (Lipinski definition) is 3. The van der Waals surface area contributed by atoms with Gasteiger partial charge in [-0.15, -0.1) is 0 Å². The van der Waals surface area contributed by atoms with E-state index in [4.69, 9.17) is 0 Å². The van der Waals surface area contributed by atoms with E-state index >= 15 is 0 Å². The zero-order valence-electron chi connectivity index (χ0n) is 16.3. The largest absolute Gasteiger partial charge is 0.417 e. The molecule has 0 atom stereocenters. The number of aromatic nitrogens is 1. The number of anilines is 1. The van der Waals surface area contributed by atoms with E-state index in [9.17, 15) is 18.0 Å². The van der Waals surface area contributed by atoms with Crippen LogP contribution in [-0.4, -0.2) is 28.4 Å². The second-order valence-corrected chi connectivity index (χ2v) is 7.57. The number of nitrogens with zero attached hydrogens (tertiary/aromatic N) is 2. The van der Waals surface area contributed by atoms with Gasteiger partial charge in [-0.1, -0.05) is 42.5 Å². The number of fused-ring (bicyclic) bond motifs is 1. The summed E-state index contributed by atoms with van der Waals surface area (Å²) in [4.78, 5) is 18.3. The molecule has 2 aromatic carbocycles. The van der Waals surface area contributed by atoms with Gasteiger partial charge in [0.15, 0.2) is 0 Å². The fourth-order valence-corrected chi connectivity index (χ4v) is 3.57. The van der Waals surface area contributed by atoms with Gasteiger partial charge in [-0.2, -0.15) is 13.2 Å². The predicted octanol–water partition coefficient (Wildman–Crippen LogP) is 5.25. The van der Waals surface area contributed by atoms with Crippen LogP contribution in [0.3, 0.4) is 0 Å². The molecule has 0 unspecified atom stereocenters. The normalized spacial score (nSPS) is 14.3. The lowest BCUT2D eigenvalue weighted by molar-refractivity contribution is -0.137. The van der Waals surface area contributed by atoms with Crippen LogP contribution in [0, 0.1) is 0 Å². The Bertz CT molecular complexity index is 1020. The van der Waals surface area contributed by atoms with Crippen molar-refractivity contribution in [3.63, 3.8) is 0 Å². The Balaban J connectivity index is 1.37. The zero-order valence-corrected chi connectivity index (χ0v) is 16.3. The number of carbonyl (C=O) groups excluding carboxylic acids is 1. The maximum absolute atomic E-state index is 12.6. The Hall–Kier alpha value is -2.93. The zero-order chi connectivity index (χ0) is 21.1. The number of carbonyl (C=O) groups is 1. The van der Waals surface area contributed by atoms with Gasteiger partial charge in [-0.05, 0) is 41.3 Å². The van der Waals surface area contributed by atoms with E-state index in [-0.39, 0.29) is 18.1 Å². The van der Waals surface area contributed by atoms with Crippen LogP contribution in [0.4, 0.5) is 19.0 Å². The average molecular weight is 413 g/mol.